The standard InChI is InChI=1S/C15H23N3O3/c1-20-15(7-2-8-15)11-17-9-10-21-13-5-3-12(4-6-13)14(16)18-19/h3-6,17,19H,2,7-11H2,1H3,(H2,16,18). The third-order valence-corrected chi connectivity index (χ3v) is 3.95. The smallest absolute Gasteiger partial charge is 0.170 e. The normalized spacial score (nSPS) is 17.3. The van der Waals surface area contributed by atoms with Crippen molar-refractivity contribution < 1.29 is 14.7 Å². The molecule has 116 valence electrons. The fraction of sp³-hybridized carbons (Fsp3) is 0.533. The second kappa shape index (κ2) is 7.28. The van der Waals surface area contributed by atoms with Gasteiger partial charge >= 0.3 is 0 Å². The van der Waals surface area contributed by atoms with Gasteiger partial charge in [0.2, 0.25) is 0 Å². The Kier molecular flexibility index (Phi) is 5.41. The highest BCUT2D eigenvalue weighted by Crippen LogP contribution is 2.34. The Morgan fingerprint density at radius 2 is 2.10 bits per heavy atom. The molecule has 1 fully saturated rings. The van der Waals surface area contributed by atoms with Crippen LogP contribution >= 0.6 is 0 Å². The Hall–Kier alpha value is -1.79. The summed E-state index contributed by atoms with van der Waals surface area (Å²) in [5, 5.41) is 14.9. The van der Waals surface area contributed by atoms with Crippen molar-refractivity contribution in [3.63, 3.8) is 0 Å². The monoisotopic (exact) mass is 293 g/mol. The lowest BCUT2D eigenvalue weighted by Crippen LogP contribution is -2.48. The fourth-order valence-corrected chi connectivity index (χ4v) is 2.36. The first-order valence-corrected chi connectivity index (χ1v) is 7.16. The van der Waals surface area contributed by atoms with Gasteiger partial charge in [-0.15, -0.1) is 0 Å². The molecule has 21 heavy (non-hydrogen) atoms. The maximum absolute atomic E-state index is 8.58. The average molecular weight is 293 g/mol. The summed E-state index contributed by atoms with van der Waals surface area (Å²) in [5.74, 6) is 0.852. The molecule has 1 aromatic rings. The number of methoxy groups -OCH3 is 1. The second-order valence-electron chi connectivity index (χ2n) is 5.28. The van der Waals surface area contributed by atoms with Gasteiger partial charge in [0.1, 0.15) is 12.4 Å². The number of hydrogen-bond donors (Lipinski definition) is 3. The first kappa shape index (κ1) is 15.6. The quantitative estimate of drug-likeness (QED) is 0.221. The van der Waals surface area contributed by atoms with Crippen LogP contribution in [0.5, 0.6) is 5.75 Å². The van der Waals surface area contributed by atoms with Crippen molar-refractivity contribution in [3.05, 3.63) is 29.8 Å². The van der Waals surface area contributed by atoms with Crippen LogP contribution < -0.4 is 15.8 Å². The van der Waals surface area contributed by atoms with E-state index in [0.29, 0.717) is 12.2 Å². The van der Waals surface area contributed by atoms with Gasteiger partial charge in [-0.2, -0.15) is 0 Å². The summed E-state index contributed by atoms with van der Waals surface area (Å²) >= 11 is 0. The molecule has 0 heterocycles. The number of rotatable bonds is 8. The van der Waals surface area contributed by atoms with Crippen molar-refractivity contribution in [1.82, 2.24) is 5.32 Å². The predicted molar refractivity (Wildman–Crippen MR) is 80.9 cm³/mol. The van der Waals surface area contributed by atoms with Crippen LogP contribution in [0.25, 0.3) is 0 Å². The minimum atomic E-state index is 0.0444. The molecule has 6 heteroatoms. The van der Waals surface area contributed by atoms with Crippen LogP contribution in [-0.4, -0.2) is 43.5 Å². The molecular formula is C15H23N3O3. The lowest BCUT2D eigenvalue weighted by Gasteiger charge is -2.40. The number of oxime groups is 1. The number of hydrogen-bond acceptors (Lipinski definition) is 5. The Morgan fingerprint density at radius 1 is 1.38 bits per heavy atom. The summed E-state index contributed by atoms with van der Waals surface area (Å²) in [6.45, 7) is 2.23. The van der Waals surface area contributed by atoms with E-state index in [1.165, 1.54) is 6.42 Å². The zero-order valence-electron chi connectivity index (χ0n) is 12.3. The maximum Gasteiger partial charge on any atom is 0.170 e. The van der Waals surface area contributed by atoms with Gasteiger partial charge in [-0.1, -0.05) is 5.16 Å². The molecule has 1 saturated carbocycles. The first-order chi connectivity index (χ1) is 10.2. The molecule has 0 bridgehead atoms. The van der Waals surface area contributed by atoms with Crippen LogP contribution in [0.4, 0.5) is 0 Å². The van der Waals surface area contributed by atoms with Gasteiger partial charge < -0.3 is 25.7 Å². The topological polar surface area (TPSA) is 89.1 Å². The van der Waals surface area contributed by atoms with E-state index in [0.717, 1.165) is 31.7 Å². The van der Waals surface area contributed by atoms with Crippen molar-refractivity contribution >= 4 is 5.84 Å². The minimum absolute atomic E-state index is 0.0444. The van der Waals surface area contributed by atoms with E-state index < -0.39 is 0 Å². The summed E-state index contributed by atoms with van der Waals surface area (Å²) in [6.07, 6.45) is 3.51. The van der Waals surface area contributed by atoms with E-state index in [1.54, 1.807) is 31.4 Å². The molecule has 0 amide bonds. The highest BCUT2D eigenvalue weighted by molar-refractivity contribution is 5.97. The van der Waals surface area contributed by atoms with Crippen LogP contribution in [-0.2, 0) is 4.74 Å². The first-order valence-electron chi connectivity index (χ1n) is 7.16. The molecule has 0 aromatic heterocycles. The molecule has 2 rings (SSSR count). The fourth-order valence-electron chi connectivity index (χ4n) is 2.36. The molecule has 0 aliphatic heterocycles. The van der Waals surface area contributed by atoms with Crippen LogP contribution in [0.3, 0.4) is 0 Å². The Morgan fingerprint density at radius 3 is 2.62 bits per heavy atom. The van der Waals surface area contributed by atoms with Gasteiger partial charge in [0.05, 0.1) is 5.60 Å². The third kappa shape index (κ3) is 4.09. The minimum Gasteiger partial charge on any atom is -0.492 e. The maximum atomic E-state index is 8.58. The van der Waals surface area contributed by atoms with E-state index in [2.05, 4.69) is 10.5 Å². The summed E-state index contributed by atoms with van der Waals surface area (Å²) in [7, 11) is 1.78. The molecule has 0 radical (unpaired) electrons. The number of nitrogens with one attached hydrogen (secondary N) is 1. The van der Waals surface area contributed by atoms with Crippen LogP contribution in [0.15, 0.2) is 29.4 Å². The van der Waals surface area contributed by atoms with Crippen molar-refractivity contribution in [2.45, 2.75) is 24.9 Å². The van der Waals surface area contributed by atoms with Gasteiger partial charge in [0, 0.05) is 25.8 Å². The lowest BCUT2D eigenvalue weighted by molar-refractivity contribution is -0.0694. The average Bonchev–Trinajstić information content (AvgIpc) is 2.49. The second-order valence-corrected chi connectivity index (χ2v) is 5.28. The predicted octanol–water partition coefficient (Wildman–Crippen LogP) is 1.32. The summed E-state index contributed by atoms with van der Waals surface area (Å²) in [4.78, 5) is 0. The molecule has 1 aromatic carbocycles. The van der Waals surface area contributed by atoms with Crippen molar-refractivity contribution in [2.24, 2.45) is 10.9 Å². The SMILES string of the molecule is COC1(CNCCOc2ccc(/C(N)=N/O)cc2)CCC1. The van der Waals surface area contributed by atoms with Crippen molar-refractivity contribution in [2.75, 3.05) is 26.8 Å². The summed E-state index contributed by atoms with van der Waals surface area (Å²) in [6, 6.07) is 7.12. The molecule has 1 aliphatic rings. The van der Waals surface area contributed by atoms with Gasteiger partial charge in [0.15, 0.2) is 5.84 Å². The van der Waals surface area contributed by atoms with Crippen LogP contribution in [0.1, 0.15) is 24.8 Å². The zero-order valence-corrected chi connectivity index (χ0v) is 12.3. The molecule has 0 spiro atoms. The molecular weight excluding hydrogens is 270 g/mol. The third-order valence-electron chi connectivity index (χ3n) is 3.95. The van der Waals surface area contributed by atoms with E-state index in [9.17, 15) is 0 Å². The van der Waals surface area contributed by atoms with Crippen LogP contribution in [0, 0.1) is 0 Å². The number of nitrogens with two attached hydrogens (primary N) is 1. The molecule has 0 unspecified atom stereocenters. The van der Waals surface area contributed by atoms with Gasteiger partial charge in [-0.05, 0) is 43.5 Å². The van der Waals surface area contributed by atoms with Gasteiger partial charge in [-0.3, -0.25) is 0 Å². The van der Waals surface area contributed by atoms with Crippen molar-refractivity contribution in [1.29, 1.82) is 0 Å². The number of ether oxygens (including phenoxy) is 2. The number of amidine groups is 1. The van der Waals surface area contributed by atoms with E-state index in [-0.39, 0.29) is 11.4 Å². The number of benzene rings is 1. The largest absolute Gasteiger partial charge is 0.492 e. The van der Waals surface area contributed by atoms with Crippen LogP contribution in [0.2, 0.25) is 0 Å². The van der Waals surface area contributed by atoms with E-state index >= 15 is 0 Å². The highest BCUT2D eigenvalue weighted by atomic mass is 16.5. The molecule has 0 atom stereocenters. The highest BCUT2D eigenvalue weighted by Gasteiger charge is 2.36. The molecule has 6 nitrogen and oxygen atoms in total. The Balaban J connectivity index is 1.67. The van der Waals surface area contributed by atoms with E-state index in [1.807, 2.05) is 0 Å². The Bertz CT molecular complexity index is 464. The summed E-state index contributed by atoms with van der Waals surface area (Å²) in [5.41, 5.74) is 6.20. The summed E-state index contributed by atoms with van der Waals surface area (Å²) < 4.78 is 11.2. The lowest BCUT2D eigenvalue weighted by atomic mass is 9.80. The van der Waals surface area contributed by atoms with Crippen molar-refractivity contribution in [3.8, 4) is 5.75 Å². The van der Waals surface area contributed by atoms with E-state index in [4.69, 9.17) is 20.4 Å². The Labute approximate surface area is 124 Å². The molecule has 4 N–H and O–H groups in total. The zero-order chi connectivity index (χ0) is 15.1. The number of nitrogens with zero attached hydrogens (tertiary/aromatic N) is 1. The van der Waals surface area contributed by atoms with Gasteiger partial charge in [-0.25, -0.2) is 0 Å². The molecule has 1 aliphatic carbocycles. The molecule has 0 saturated heterocycles. The van der Waals surface area contributed by atoms with Gasteiger partial charge in [0.25, 0.3) is 0 Å².